The summed E-state index contributed by atoms with van der Waals surface area (Å²) in [4.78, 5) is 0. The lowest BCUT2D eigenvalue weighted by atomic mass is 9.80. The second-order valence-corrected chi connectivity index (χ2v) is 8.63. The van der Waals surface area contributed by atoms with E-state index in [1.165, 1.54) is 16.7 Å². The summed E-state index contributed by atoms with van der Waals surface area (Å²) in [5, 5.41) is 10.5. The molecule has 2 heteroatoms. The van der Waals surface area contributed by atoms with E-state index in [1.807, 2.05) is 42.5 Å². The van der Waals surface area contributed by atoms with E-state index in [1.54, 1.807) is 7.11 Å². The Morgan fingerprint density at radius 1 is 0.727 bits per heavy atom. The fourth-order valence-electron chi connectivity index (χ4n) is 4.84. The van der Waals surface area contributed by atoms with Crippen molar-refractivity contribution in [3.63, 3.8) is 0 Å². The Balaban J connectivity index is 1.45. The van der Waals surface area contributed by atoms with Gasteiger partial charge in [0, 0.05) is 11.1 Å². The normalized spacial score (nSPS) is 15.7. The minimum Gasteiger partial charge on any atom is -0.507 e. The van der Waals surface area contributed by atoms with Gasteiger partial charge in [-0.1, -0.05) is 78.9 Å². The van der Waals surface area contributed by atoms with E-state index >= 15 is 0 Å². The van der Waals surface area contributed by atoms with Crippen molar-refractivity contribution in [3.8, 4) is 33.8 Å². The fourth-order valence-corrected chi connectivity index (χ4v) is 4.84. The monoisotopic (exact) mass is 432 g/mol. The molecule has 33 heavy (non-hydrogen) atoms. The van der Waals surface area contributed by atoms with Gasteiger partial charge < -0.3 is 9.84 Å². The first-order valence-corrected chi connectivity index (χ1v) is 11.5. The number of hydrogen-bond acceptors (Lipinski definition) is 2. The summed E-state index contributed by atoms with van der Waals surface area (Å²) in [6.07, 6.45) is 5.53. The third-order valence-electron chi connectivity index (χ3n) is 6.60. The Hall–Kier alpha value is -3.78. The molecule has 1 aliphatic rings. The quantitative estimate of drug-likeness (QED) is 0.345. The Morgan fingerprint density at radius 2 is 1.42 bits per heavy atom. The molecular weight excluding hydrogens is 404 g/mol. The minimum absolute atomic E-state index is 0.333. The standard InChI is InChI=1S/C31H28O2/c1-33-31-18-16-27(21-29(31)23-11-6-3-7-12-23)25-14-8-13-24(19-25)26-15-17-30(32)28(20-26)22-9-4-2-5-10-22/h2-7,9-12,14-18,20-21,24,32H,8,13,19H2,1H3. The van der Waals surface area contributed by atoms with Crippen molar-refractivity contribution in [2.45, 2.75) is 25.2 Å². The van der Waals surface area contributed by atoms with Crippen LogP contribution in [-0.2, 0) is 0 Å². The van der Waals surface area contributed by atoms with Crippen LogP contribution in [0, 0.1) is 0 Å². The average Bonchev–Trinajstić information content (AvgIpc) is 2.89. The first-order valence-electron chi connectivity index (χ1n) is 11.5. The highest BCUT2D eigenvalue weighted by Crippen LogP contribution is 2.42. The summed E-state index contributed by atoms with van der Waals surface area (Å²) in [5.74, 6) is 1.65. The summed E-state index contributed by atoms with van der Waals surface area (Å²) in [6.45, 7) is 0. The van der Waals surface area contributed by atoms with Crippen LogP contribution >= 0.6 is 0 Å². The molecule has 1 aliphatic carbocycles. The molecule has 0 aromatic heterocycles. The SMILES string of the molecule is COc1ccc(C2=CCCC(c3ccc(O)c(-c4ccccc4)c3)C2)cc1-c1ccccc1. The maximum absolute atomic E-state index is 10.5. The molecule has 0 amide bonds. The number of aromatic hydroxyl groups is 1. The molecule has 0 aliphatic heterocycles. The van der Waals surface area contributed by atoms with Crippen LogP contribution in [0.15, 0.2) is 103 Å². The average molecular weight is 433 g/mol. The van der Waals surface area contributed by atoms with Crippen LogP contribution in [0.1, 0.15) is 36.3 Å². The predicted molar refractivity (Wildman–Crippen MR) is 137 cm³/mol. The summed E-state index contributed by atoms with van der Waals surface area (Å²) < 4.78 is 5.66. The molecule has 0 spiro atoms. The Kier molecular flexibility index (Phi) is 5.99. The maximum atomic E-state index is 10.5. The first-order chi connectivity index (χ1) is 16.2. The van der Waals surface area contributed by atoms with Gasteiger partial charge >= 0.3 is 0 Å². The van der Waals surface area contributed by atoms with Gasteiger partial charge in [0.15, 0.2) is 0 Å². The van der Waals surface area contributed by atoms with E-state index < -0.39 is 0 Å². The van der Waals surface area contributed by atoms with Crippen LogP contribution in [0.2, 0.25) is 0 Å². The fraction of sp³-hybridized carbons (Fsp3) is 0.161. The molecule has 0 bridgehead atoms. The van der Waals surface area contributed by atoms with Gasteiger partial charge in [-0.3, -0.25) is 0 Å². The molecule has 164 valence electrons. The highest BCUT2D eigenvalue weighted by molar-refractivity contribution is 5.78. The van der Waals surface area contributed by atoms with Gasteiger partial charge in [0.25, 0.3) is 0 Å². The topological polar surface area (TPSA) is 29.5 Å². The van der Waals surface area contributed by atoms with Crippen LogP contribution < -0.4 is 4.74 Å². The zero-order valence-corrected chi connectivity index (χ0v) is 18.9. The molecule has 0 radical (unpaired) electrons. The lowest BCUT2D eigenvalue weighted by Gasteiger charge is -2.25. The first kappa shape index (κ1) is 21.1. The number of hydrogen-bond donors (Lipinski definition) is 1. The molecule has 0 saturated heterocycles. The van der Waals surface area contributed by atoms with Crippen molar-refractivity contribution < 1.29 is 9.84 Å². The molecule has 1 unspecified atom stereocenters. The van der Waals surface area contributed by atoms with Gasteiger partial charge in [0.1, 0.15) is 11.5 Å². The lowest BCUT2D eigenvalue weighted by Crippen LogP contribution is -2.05. The van der Waals surface area contributed by atoms with E-state index in [0.717, 1.165) is 47.3 Å². The second kappa shape index (κ2) is 9.38. The van der Waals surface area contributed by atoms with E-state index in [4.69, 9.17) is 4.74 Å². The van der Waals surface area contributed by atoms with Crippen LogP contribution in [0.25, 0.3) is 27.8 Å². The van der Waals surface area contributed by atoms with Crippen molar-refractivity contribution in [2.24, 2.45) is 0 Å². The summed E-state index contributed by atoms with van der Waals surface area (Å²) in [7, 11) is 1.73. The van der Waals surface area contributed by atoms with Crippen LogP contribution in [-0.4, -0.2) is 12.2 Å². The molecule has 2 nitrogen and oxygen atoms in total. The third kappa shape index (κ3) is 4.42. The van der Waals surface area contributed by atoms with Crippen LogP contribution in [0.4, 0.5) is 0 Å². The van der Waals surface area contributed by atoms with Gasteiger partial charge in [-0.05, 0) is 77.3 Å². The molecule has 1 N–H and O–H groups in total. The smallest absolute Gasteiger partial charge is 0.126 e. The Morgan fingerprint density at radius 3 is 2.12 bits per heavy atom. The highest BCUT2D eigenvalue weighted by Gasteiger charge is 2.21. The molecule has 0 saturated carbocycles. The Labute approximate surface area is 195 Å². The molecular formula is C31H28O2. The van der Waals surface area contributed by atoms with E-state index in [-0.39, 0.29) is 0 Å². The van der Waals surface area contributed by atoms with Crippen molar-refractivity contribution in [2.75, 3.05) is 7.11 Å². The zero-order valence-electron chi connectivity index (χ0n) is 18.9. The molecule has 4 aromatic rings. The summed E-state index contributed by atoms with van der Waals surface area (Å²) >= 11 is 0. The second-order valence-electron chi connectivity index (χ2n) is 8.63. The molecule has 0 heterocycles. The Bertz CT molecular complexity index is 1270. The van der Waals surface area contributed by atoms with E-state index in [2.05, 4.69) is 60.7 Å². The summed E-state index contributed by atoms with van der Waals surface area (Å²) in [6, 6.07) is 33.1. The van der Waals surface area contributed by atoms with Crippen molar-refractivity contribution in [3.05, 3.63) is 114 Å². The van der Waals surface area contributed by atoms with Gasteiger partial charge in [-0.15, -0.1) is 0 Å². The van der Waals surface area contributed by atoms with Gasteiger partial charge in [0.05, 0.1) is 7.11 Å². The maximum Gasteiger partial charge on any atom is 0.126 e. The molecule has 5 rings (SSSR count). The number of methoxy groups -OCH3 is 1. The highest BCUT2D eigenvalue weighted by atomic mass is 16.5. The van der Waals surface area contributed by atoms with E-state index in [9.17, 15) is 5.11 Å². The number of phenols is 1. The predicted octanol–water partition coefficient (Wildman–Crippen LogP) is 8.09. The van der Waals surface area contributed by atoms with Crippen molar-refractivity contribution in [1.29, 1.82) is 0 Å². The zero-order chi connectivity index (χ0) is 22.6. The van der Waals surface area contributed by atoms with Crippen LogP contribution in [0.5, 0.6) is 11.5 Å². The largest absolute Gasteiger partial charge is 0.507 e. The molecule has 1 atom stereocenters. The molecule has 4 aromatic carbocycles. The summed E-state index contributed by atoms with van der Waals surface area (Å²) in [5.41, 5.74) is 8.15. The third-order valence-corrected chi connectivity index (χ3v) is 6.60. The number of phenolic OH excluding ortho intramolecular Hbond substituents is 1. The van der Waals surface area contributed by atoms with Gasteiger partial charge in [-0.2, -0.15) is 0 Å². The van der Waals surface area contributed by atoms with Crippen molar-refractivity contribution in [1.82, 2.24) is 0 Å². The minimum atomic E-state index is 0.333. The number of allylic oxidation sites excluding steroid dienone is 2. The van der Waals surface area contributed by atoms with Gasteiger partial charge in [-0.25, -0.2) is 0 Å². The number of rotatable bonds is 5. The van der Waals surface area contributed by atoms with Crippen LogP contribution in [0.3, 0.4) is 0 Å². The van der Waals surface area contributed by atoms with Crippen molar-refractivity contribution >= 4 is 5.57 Å². The number of benzene rings is 4. The van der Waals surface area contributed by atoms with Gasteiger partial charge in [0.2, 0.25) is 0 Å². The van der Waals surface area contributed by atoms with E-state index in [0.29, 0.717) is 11.7 Å². The number of ether oxygens (including phenoxy) is 1. The molecule has 0 fully saturated rings. The lowest BCUT2D eigenvalue weighted by molar-refractivity contribution is 0.416.